The zero-order valence-electron chi connectivity index (χ0n) is 14.7. The molecule has 0 aromatic heterocycles. The zero-order chi connectivity index (χ0) is 17.2. The minimum absolute atomic E-state index is 0.641. The Morgan fingerprint density at radius 3 is 2.79 bits per heavy atom. The van der Waals surface area contributed by atoms with Crippen molar-refractivity contribution in [2.45, 2.75) is 29.7 Å². The SMILES string of the molecule is COc1ccc(C=CCOCCCN2CCCCC2I)cc1OC. The lowest BCUT2D eigenvalue weighted by Gasteiger charge is -2.31. The number of hydrogen-bond acceptors (Lipinski definition) is 4. The maximum atomic E-state index is 5.71. The second-order valence-electron chi connectivity index (χ2n) is 5.91. The van der Waals surface area contributed by atoms with E-state index in [1.807, 2.05) is 30.4 Å². The summed E-state index contributed by atoms with van der Waals surface area (Å²) in [6.45, 7) is 3.85. The van der Waals surface area contributed by atoms with E-state index in [0.29, 0.717) is 10.7 Å². The predicted molar refractivity (Wildman–Crippen MR) is 107 cm³/mol. The van der Waals surface area contributed by atoms with Crippen molar-refractivity contribution in [3.05, 3.63) is 29.8 Å². The molecule has 0 saturated carbocycles. The molecule has 1 aliphatic rings. The molecular weight excluding hydrogens is 417 g/mol. The van der Waals surface area contributed by atoms with Gasteiger partial charge in [0, 0.05) is 13.2 Å². The van der Waals surface area contributed by atoms with E-state index in [2.05, 4.69) is 27.5 Å². The molecule has 1 atom stereocenters. The van der Waals surface area contributed by atoms with E-state index in [-0.39, 0.29) is 0 Å². The first-order chi connectivity index (χ1) is 11.7. The Balaban J connectivity index is 1.64. The number of methoxy groups -OCH3 is 2. The van der Waals surface area contributed by atoms with Gasteiger partial charge in [0.25, 0.3) is 0 Å². The molecule has 1 aromatic carbocycles. The quantitative estimate of drug-likeness (QED) is 0.245. The summed E-state index contributed by atoms with van der Waals surface area (Å²) >= 11 is 2.57. The number of piperidine rings is 1. The second-order valence-corrected chi connectivity index (χ2v) is 7.35. The van der Waals surface area contributed by atoms with Gasteiger partial charge in [-0.3, -0.25) is 4.90 Å². The third-order valence-corrected chi connectivity index (χ3v) is 5.61. The number of halogens is 1. The van der Waals surface area contributed by atoms with Gasteiger partial charge in [0.1, 0.15) is 0 Å². The first kappa shape index (κ1) is 19.5. The Labute approximate surface area is 159 Å². The third kappa shape index (κ3) is 6.26. The first-order valence-corrected chi connectivity index (χ1v) is 9.83. The minimum atomic E-state index is 0.641. The number of nitrogens with zero attached hydrogens (tertiary/aromatic N) is 1. The number of ether oxygens (including phenoxy) is 3. The van der Waals surface area contributed by atoms with Crippen LogP contribution in [0.5, 0.6) is 11.5 Å². The van der Waals surface area contributed by atoms with E-state index >= 15 is 0 Å². The Hall–Kier alpha value is -0.790. The van der Waals surface area contributed by atoms with Gasteiger partial charge in [0.15, 0.2) is 11.5 Å². The summed E-state index contributed by atoms with van der Waals surface area (Å²) in [5, 5.41) is 0. The van der Waals surface area contributed by atoms with E-state index in [4.69, 9.17) is 14.2 Å². The molecule has 0 N–H and O–H groups in total. The van der Waals surface area contributed by atoms with Crippen molar-refractivity contribution in [3.8, 4) is 11.5 Å². The summed E-state index contributed by atoms with van der Waals surface area (Å²) in [5.74, 6) is 1.49. The third-order valence-electron chi connectivity index (χ3n) is 4.20. The summed E-state index contributed by atoms with van der Waals surface area (Å²) in [6, 6.07) is 5.89. The largest absolute Gasteiger partial charge is 0.493 e. The van der Waals surface area contributed by atoms with E-state index in [1.165, 1.54) is 25.8 Å². The average molecular weight is 445 g/mol. The standard InChI is InChI=1S/C19H28INO3/c1-22-17-10-9-16(15-18(17)23-2)7-5-13-24-14-6-12-21-11-4-3-8-19(21)20/h5,7,9-10,15,19H,3-4,6,8,11-14H2,1-2H3. The highest BCUT2D eigenvalue weighted by atomic mass is 127. The van der Waals surface area contributed by atoms with E-state index < -0.39 is 0 Å². The van der Waals surface area contributed by atoms with Gasteiger partial charge in [-0.25, -0.2) is 0 Å². The van der Waals surface area contributed by atoms with Crippen LogP contribution in [0.3, 0.4) is 0 Å². The molecule has 4 nitrogen and oxygen atoms in total. The highest BCUT2D eigenvalue weighted by Gasteiger charge is 2.18. The van der Waals surface area contributed by atoms with Crippen LogP contribution < -0.4 is 9.47 Å². The highest BCUT2D eigenvalue weighted by molar-refractivity contribution is 14.1. The Morgan fingerprint density at radius 1 is 1.21 bits per heavy atom. The smallest absolute Gasteiger partial charge is 0.161 e. The monoisotopic (exact) mass is 445 g/mol. The van der Waals surface area contributed by atoms with Gasteiger partial charge in [-0.1, -0.05) is 40.8 Å². The normalized spacial score (nSPS) is 18.9. The average Bonchev–Trinajstić information content (AvgIpc) is 2.62. The summed E-state index contributed by atoms with van der Waals surface area (Å²) in [5.41, 5.74) is 1.08. The highest BCUT2D eigenvalue weighted by Crippen LogP contribution is 2.28. The lowest BCUT2D eigenvalue weighted by molar-refractivity contribution is 0.136. The summed E-state index contributed by atoms with van der Waals surface area (Å²) in [4.78, 5) is 2.58. The van der Waals surface area contributed by atoms with Crippen LogP contribution in [0.15, 0.2) is 24.3 Å². The van der Waals surface area contributed by atoms with Crippen molar-refractivity contribution in [2.24, 2.45) is 0 Å². The van der Waals surface area contributed by atoms with Crippen molar-refractivity contribution >= 4 is 28.7 Å². The fourth-order valence-corrected chi connectivity index (χ4v) is 3.86. The maximum absolute atomic E-state index is 5.71. The van der Waals surface area contributed by atoms with Crippen LogP contribution in [0.4, 0.5) is 0 Å². The van der Waals surface area contributed by atoms with Gasteiger partial charge in [-0.2, -0.15) is 0 Å². The van der Waals surface area contributed by atoms with E-state index in [9.17, 15) is 0 Å². The van der Waals surface area contributed by atoms with E-state index in [0.717, 1.165) is 36.6 Å². The van der Waals surface area contributed by atoms with Gasteiger partial charge >= 0.3 is 0 Å². The molecule has 0 bridgehead atoms. The van der Waals surface area contributed by atoms with Gasteiger partial charge in [-0.15, -0.1) is 0 Å². The Bertz CT molecular complexity index is 521. The maximum Gasteiger partial charge on any atom is 0.161 e. The predicted octanol–water partition coefficient (Wildman–Crippen LogP) is 4.37. The molecule has 1 saturated heterocycles. The molecule has 1 fully saturated rings. The molecule has 134 valence electrons. The molecule has 2 rings (SSSR count). The van der Waals surface area contributed by atoms with Crippen LogP contribution in [0.25, 0.3) is 6.08 Å². The van der Waals surface area contributed by atoms with Crippen molar-refractivity contribution in [2.75, 3.05) is 40.5 Å². The molecule has 5 heteroatoms. The van der Waals surface area contributed by atoms with Gasteiger partial charge in [0.2, 0.25) is 0 Å². The fraction of sp³-hybridized carbons (Fsp3) is 0.579. The van der Waals surface area contributed by atoms with Crippen LogP contribution in [-0.2, 0) is 4.74 Å². The molecule has 0 amide bonds. The summed E-state index contributed by atoms with van der Waals surface area (Å²) in [6.07, 6.45) is 9.24. The number of likely N-dealkylation sites (tertiary alicyclic amines) is 1. The van der Waals surface area contributed by atoms with Crippen LogP contribution in [0.2, 0.25) is 0 Å². The first-order valence-electron chi connectivity index (χ1n) is 8.59. The number of rotatable bonds is 9. The van der Waals surface area contributed by atoms with Crippen LogP contribution in [0, 0.1) is 0 Å². The Kier molecular flexibility index (Phi) is 8.91. The topological polar surface area (TPSA) is 30.9 Å². The molecule has 0 radical (unpaired) electrons. The molecule has 1 heterocycles. The van der Waals surface area contributed by atoms with Gasteiger partial charge in [-0.05, 0) is 49.9 Å². The number of alkyl halides is 1. The molecule has 0 spiro atoms. The van der Waals surface area contributed by atoms with E-state index in [1.54, 1.807) is 14.2 Å². The van der Waals surface area contributed by atoms with Crippen LogP contribution in [0.1, 0.15) is 31.2 Å². The molecule has 1 unspecified atom stereocenters. The summed E-state index contributed by atoms with van der Waals surface area (Å²) < 4.78 is 17.0. The number of hydrogen-bond donors (Lipinski definition) is 0. The van der Waals surface area contributed by atoms with Crippen molar-refractivity contribution in [3.63, 3.8) is 0 Å². The van der Waals surface area contributed by atoms with Gasteiger partial charge in [0.05, 0.1) is 24.9 Å². The fourth-order valence-electron chi connectivity index (χ4n) is 2.86. The zero-order valence-corrected chi connectivity index (χ0v) is 16.8. The molecule has 0 aliphatic carbocycles. The van der Waals surface area contributed by atoms with Crippen molar-refractivity contribution in [1.29, 1.82) is 0 Å². The Morgan fingerprint density at radius 2 is 2.04 bits per heavy atom. The minimum Gasteiger partial charge on any atom is -0.493 e. The molecule has 24 heavy (non-hydrogen) atoms. The van der Waals surface area contributed by atoms with Crippen molar-refractivity contribution < 1.29 is 14.2 Å². The molecular formula is C19H28INO3. The van der Waals surface area contributed by atoms with Gasteiger partial charge < -0.3 is 14.2 Å². The summed E-state index contributed by atoms with van der Waals surface area (Å²) in [7, 11) is 3.29. The lowest BCUT2D eigenvalue weighted by atomic mass is 10.1. The molecule has 1 aromatic rings. The second kappa shape index (κ2) is 10.9. The molecule has 1 aliphatic heterocycles. The van der Waals surface area contributed by atoms with Crippen molar-refractivity contribution in [1.82, 2.24) is 4.90 Å². The van der Waals surface area contributed by atoms with Crippen LogP contribution in [-0.4, -0.2) is 49.5 Å². The number of benzene rings is 1. The van der Waals surface area contributed by atoms with Crippen LogP contribution >= 0.6 is 22.6 Å². The lowest BCUT2D eigenvalue weighted by Crippen LogP contribution is -2.36.